The summed E-state index contributed by atoms with van der Waals surface area (Å²) in [5.41, 5.74) is 0. The molecule has 1 heterocycles. The fourth-order valence-electron chi connectivity index (χ4n) is 2.33. The van der Waals surface area contributed by atoms with Gasteiger partial charge in [0.1, 0.15) is 5.75 Å². The van der Waals surface area contributed by atoms with E-state index in [9.17, 15) is 9.59 Å². The predicted octanol–water partition coefficient (Wildman–Crippen LogP) is 1.90. The molecule has 0 radical (unpaired) electrons. The first kappa shape index (κ1) is 17.6. The number of ether oxygens (including phenoxy) is 3. The molecule has 2 atom stereocenters. The number of hydrogen-bond donors (Lipinski definition) is 0. The molecular formula is C16H20ClNO5. The second-order valence-electron chi connectivity index (χ2n) is 5.46. The van der Waals surface area contributed by atoms with Gasteiger partial charge in [-0.05, 0) is 38.1 Å². The first-order valence-electron chi connectivity index (χ1n) is 7.41. The van der Waals surface area contributed by atoms with Crippen LogP contribution in [0.4, 0.5) is 0 Å². The molecule has 1 saturated heterocycles. The molecule has 126 valence electrons. The Morgan fingerprint density at radius 3 is 2.39 bits per heavy atom. The summed E-state index contributed by atoms with van der Waals surface area (Å²) in [5.74, 6) is -0.317. The lowest BCUT2D eigenvalue weighted by atomic mass is 10.2. The summed E-state index contributed by atoms with van der Waals surface area (Å²) in [6.07, 6.45) is -0.0433. The highest BCUT2D eigenvalue weighted by Gasteiger charge is 2.26. The lowest BCUT2D eigenvalue weighted by Crippen LogP contribution is -2.49. The van der Waals surface area contributed by atoms with Gasteiger partial charge < -0.3 is 19.1 Å². The zero-order chi connectivity index (χ0) is 16.8. The molecule has 7 heteroatoms. The molecule has 0 aromatic heterocycles. The van der Waals surface area contributed by atoms with Crippen LogP contribution in [0.1, 0.15) is 13.8 Å². The van der Waals surface area contributed by atoms with E-state index in [1.165, 1.54) is 0 Å². The van der Waals surface area contributed by atoms with Crippen LogP contribution in [-0.2, 0) is 19.1 Å². The molecule has 0 bridgehead atoms. The molecule has 0 N–H and O–H groups in total. The van der Waals surface area contributed by atoms with Crippen LogP contribution >= 0.6 is 11.6 Å². The van der Waals surface area contributed by atoms with E-state index < -0.39 is 5.97 Å². The number of esters is 1. The Balaban J connectivity index is 1.71. The third-order valence-corrected chi connectivity index (χ3v) is 3.55. The lowest BCUT2D eigenvalue weighted by molar-refractivity contribution is -0.158. The molecule has 0 aliphatic carbocycles. The average Bonchev–Trinajstić information content (AvgIpc) is 2.51. The maximum atomic E-state index is 12.0. The van der Waals surface area contributed by atoms with Crippen LogP contribution < -0.4 is 4.74 Å². The summed E-state index contributed by atoms with van der Waals surface area (Å²) in [4.78, 5) is 25.3. The molecule has 1 aromatic carbocycles. The van der Waals surface area contributed by atoms with Gasteiger partial charge in [0.2, 0.25) is 0 Å². The van der Waals surface area contributed by atoms with E-state index in [-0.39, 0.29) is 31.3 Å². The Labute approximate surface area is 140 Å². The van der Waals surface area contributed by atoms with Crippen LogP contribution in [-0.4, -0.2) is 55.3 Å². The van der Waals surface area contributed by atoms with Crippen LogP contribution in [0.25, 0.3) is 0 Å². The number of nitrogens with zero attached hydrogens (tertiary/aromatic N) is 1. The molecule has 1 aliphatic rings. The minimum Gasteiger partial charge on any atom is -0.482 e. The van der Waals surface area contributed by atoms with E-state index in [4.69, 9.17) is 25.8 Å². The molecule has 1 aromatic rings. The van der Waals surface area contributed by atoms with Crippen molar-refractivity contribution in [3.8, 4) is 5.75 Å². The van der Waals surface area contributed by atoms with Gasteiger partial charge in [-0.25, -0.2) is 4.79 Å². The van der Waals surface area contributed by atoms with E-state index in [0.29, 0.717) is 23.9 Å². The Morgan fingerprint density at radius 1 is 1.17 bits per heavy atom. The van der Waals surface area contributed by atoms with Crippen molar-refractivity contribution in [2.24, 2.45) is 0 Å². The molecule has 2 unspecified atom stereocenters. The summed E-state index contributed by atoms with van der Waals surface area (Å²) >= 11 is 5.76. The van der Waals surface area contributed by atoms with Gasteiger partial charge in [0.25, 0.3) is 5.91 Å². The molecule has 1 amide bonds. The van der Waals surface area contributed by atoms with Crippen LogP contribution in [0.5, 0.6) is 5.75 Å². The van der Waals surface area contributed by atoms with E-state index in [2.05, 4.69) is 0 Å². The Bertz CT molecular complexity index is 538. The fourth-order valence-corrected chi connectivity index (χ4v) is 2.46. The monoisotopic (exact) mass is 341 g/mol. The molecule has 2 rings (SSSR count). The lowest BCUT2D eigenvalue weighted by Gasteiger charge is -2.35. The Morgan fingerprint density at radius 2 is 1.78 bits per heavy atom. The predicted molar refractivity (Wildman–Crippen MR) is 84.5 cm³/mol. The van der Waals surface area contributed by atoms with Crippen molar-refractivity contribution in [3.63, 3.8) is 0 Å². The number of carbonyl (C=O) groups is 2. The molecule has 0 spiro atoms. The van der Waals surface area contributed by atoms with Gasteiger partial charge in [-0.15, -0.1) is 0 Å². The van der Waals surface area contributed by atoms with Crippen LogP contribution in [0.15, 0.2) is 24.3 Å². The molecule has 0 saturated carbocycles. The summed E-state index contributed by atoms with van der Waals surface area (Å²) in [7, 11) is 0. The summed E-state index contributed by atoms with van der Waals surface area (Å²) in [6.45, 7) is 4.26. The molecule has 1 fully saturated rings. The number of rotatable bonds is 5. The highest BCUT2D eigenvalue weighted by atomic mass is 35.5. The fraction of sp³-hybridized carbons (Fsp3) is 0.500. The van der Waals surface area contributed by atoms with Gasteiger partial charge in [0, 0.05) is 18.1 Å². The second-order valence-corrected chi connectivity index (χ2v) is 5.90. The van der Waals surface area contributed by atoms with E-state index in [1.807, 2.05) is 13.8 Å². The quantitative estimate of drug-likeness (QED) is 0.765. The van der Waals surface area contributed by atoms with Gasteiger partial charge in [-0.3, -0.25) is 4.79 Å². The van der Waals surface area contributed by atoms with Crippen molar-refractivity contribution in [3.05, 3.63) is 29.3 Å². The smallest absolute Gasteiger partial charge is 0.344 e. The number of halogens is 1. The van der Waals surface area contributed by atoms with E-state index in [0.717, 1.165) is 0 Å². The molecule has 23 heavy (non-hydrogen) atoms. The van der Waals surface area contributed by atoms with Crippen molar-refractivity contribution in [2.75, 3.05) is 26.3 Å². The number of morpholine rings is 1. The van der Waals surface area contributed by atoms with Crippen molar-refractivity contribution in [1.82, 2.24) is 4.90 Å². The number of benzene rings is 1. The van der Waals surface area contributed by atoms with E-state index in [1.54, 1.807) is 29.2 Å². The normalized spacial score (nSPS) is 20.9. The topological polar surface area (TPSA) is 65.1 Å². The highest BCUT2D eigenvalue weighted by Crippen LogP contribution is 2.15. The van der Waals surface area contributed by atoms with Crippen molar-refractivity contribution in [2.45, 2.75) is 26.1 Å². The van der Waals surface area contributed by atoms with Gasteiger partial charge in [0.15, 0.2) is 13.2 Å². The Kier molecular flexibility index (Phi) is 6.24. The maximum absolute atomic E-state index is 12.0. The van der Waals surface area contributed by atoms with Gasteiger partial charge >= 0.3 is 5.97 Å². The summed E-state index contributed by atoms with van der Waals surface area (Å²) in [6, 6.07) is 6.62. The average molecular weight is 342 g/mol. The summed E-state index contributed by atoms with van der Waals surface area (Å²) < 4.78 is 15.8. The standard InChI is InChI=1S/C16H20ClNO5/c1-11-7-18(8-12(2)23-11)15(19)9-22-16(20)10-21-14-5-3-13(17)4-6-14/h3-6,11-12H,7-10H2,1-2H3. The third kappa shape index (κ3) is 5.73. The van der Waals surface area contributed by atoms with Crippen LogP contribution in [0.2, 0.25) is 5.02 Å². The largest absolute Gasteiger partial charge is 0.482 e. The van der Waals surface area contributed by atoms with Crippen molar-refractivity contribution in [1.29, 1.82) is 0 Å². The first-order chi connectivity index (χ1) is 10.9. The molecule has 6 nitrogen and oxygen atoms in total. The number of carbonyl (C=O) groups excluding carboxylic acids is 2. The SMILES string of the molecule is CC1CN(C(=O)COC(=O)COc2ccc(Cl)cc2)CC(C)O1. The summed E-state index contributed by atoms with van der Waals surface area (Å²) in [5, 5.41) is 0.583. The van der Waals surface area contributed by atoms with Gasteiger partial charge in [0.05, 0.1) is 12.2 Å². The van der Waals surface area contributed by atoms with E-state index >= 15 is 0 Å². The third-order valence-electron chi connectivity index (χ3n) is 3.30. The second kappa shape index (κ2) is 8.17. The maximum Gasteiger partial charge on any atom is 0.344 e. The Hall–Kier alpha value is -1.79. The minimum absolute atomic E-state index is 0.0216. The zero-order valence-electron chi connectivity index (χ0n) is 13.2. The molecule has 1 aliphatic heterocycles. The number of hydrogen-bond acceptors (Lipinski definition) is 5. The van der Waals surface area contributed by atoms with Crippen molar-refractivity contribution >= 4 is 23.5 Å². The number of amides is 1. The zero-order valence-corrected chi connectivity index (χ0v) is 13.9. The van der Waals surface area contributed by atoms with Gasteiger partial charge in [-0.1, -0.05) is 11.6 Å². The molecular weight excluding hydrogens is 322 g/mol. The van der Waals surface area contributed by atoms with Gasteiger partial charge in [-0.2, -0.15) is 0 Å². The van der Waals surface area contributed by atoms with Crippen molar-refractivity contribution < 1.29 is 23.8 Å². The van der Waals surface area contributed by atoms with Crippen LogP contribution in [0, 0.1) is 0 Å². The first-order valence-corrected chi connectivity index (χ1v) is 7.79. The van der Waals surface area contributed by atoms with Crippen LogP contribution in [0.3, 0.4) is 0 Å². The minimum atomic E-state index is -0.595. The highest BCUT2D eigenvalue weighted by molar-refractivity contribution is 6.30.